The lowest BCUT2D eigenvalue weighted by Gasteiger charge is -2.24. The lowest BCUT2D eigenvalue weighted by atomic mass is 9.91. The Morgan fingerprint density at radius 3 is 2.27 bits per heavy atom. The van der Waals surface area contributed by atoms with Crippen molar-refractivity contribution in [3.8, 4) is 11.1 Å². The summed E-state index contributed by atoms with van der Waals surface area (Å²) in [5.74, 6) is -1.76. The van der Waals surface area contributed by atoms with E-state index in [1.807, 2.05) is 122 Å². The van der Waals surface area contributed by atoms with Gasteiger partial charge >= 0.3 is 6.09 Å². The standard InChI is InChI=1S/C43H43NO8/c1-30-13-11-20-34(23-30)36-25-40(52-39(36)21-12-22-49-28-35(26-45)50-27-32-16-7-3-8-17-32)41(46)37(24-31-14-5-2-6-15-31)42(47)44-38(29-51-43(44)48)33-18-9-4-10-19-33/h2-11,13-20,23,25,35,37-38,45H,12,21-22,24,26-29H2,1H3/t35-,37-,38-/m1/s1. The van der Waals surface area contributed by atoms with Crippen molar-refractivity contribution in [1.29, 1.82) is 0 Å². The van der Waals surface area contributed by atoms with Crippen molar-refractivity contribution in [3.05, 3.63) is 155 Å². The molecule has 4 aromatic carbocycles. The number of ether oxygens (including phenoxy) is 3. The molecular formula is C43H43NO8. The van der Waals surface area contributed by atoms with Gasteiger partial charge in [0.05, 0.1) is 19.8 Å². The maximum Gasteiger partial charge on any atom is 0.417 e. The van der Waals surface area contributed by atoms with E-state index in [0.717, 1.165) is 38.3 Å². The highest BCUT2D eigenvalue weighted by atomic mass is 16.6. The number of amides is 2. The van der Waals surface area contributed by atoms with Gasteiger partial charge in [-0.25, -0.2) is 9.69 Å². The first kappa shape index (κ1) is 36.4. The van der Waals surface area contributed by atoms with Crippen molar-refractivity contribution in [2.24, 2.45) is 5.92 Å². The Labute approximate surface area is 303 Å². The summed E-state index contributed by atoms with van der Waals surface area (Å²) < 4.78 is 23.4. The smallest absolute Gasteiger partial charge is 0.417 e. The minimum Gasteiger partial charge on any atom is -0.457 e. The molecule has 1 fully saturated rings. The van der Waals surface area contributed by atoms with Crippen LogP contribution in [0.3, 0.4) is 0 Å². The first-order valence-electron chi connectivity index (χ1n) is 17.6. The van der Waals surface area contributed by atoms with Crippen LogP contribution in [0.2, 0.25) is 0 Å². The highest BCUT2D eigenvalue weighted by molar-refractivity contribution is 6.12. The minimum atomic E-state index is -1.24. The van der Waals surface area contributed by atoms with Crippen molar-refractivity contribution in [3.63, 3.8) is 0 Å². The first-order valence-corrected chi connectivity index (χ1v) is 17.6. The Hall–Kier alpha value is -5.35. The number of nitrogens with zero attached hydrogens (tertiary/aromatic N) is 1. The van der Waals surface area contributed by atoms with Gasteiger partial charge in [0.15, 0.2) is 5.76 Å². The van der Waals surface area contributed by atoms with Gasteiger partial charge in [0.25, 0.3) is 0 Å². The molecule has 1 N–H and O–H groups in total. The number of cyclic esters (lactones) is 1. The normalized spacial score (nSPS) is 15.3. The number of hydrogen-bond acceptors (Lipinski definition) is 8. The number of ketones is 1. The molecule has 268 valence electrons. The number of aliphatic hydroxyl groups excluding tert-OH is 1. The zero-order valence-electron chi connectivity index (χ0n) is 29.2. The third-order valence-corrected chi connectivity index (χ3v) is 9.10. The Balaban J connectivity index is 1.21. The largest absolute Gasteiger partial charge is 0.457 e. The number of Topliss-reactive ketones (excluding diaryl/α,β-unsaturated/α-hetero) is 1. The molecule has 0 aliphatic carbocycles. The fourth-order valence-corrected chi connectivity index (χ4v) is 6.35. The zero-order valence-corrected chi connectivity index (χ0v) is 29.2. The number of aryl methyl sites for hydroxylation is 2. The summed E-state index contributed by atoms with van der Waals surface area (Å²) in [4.78, 5) is 42.9. The van der Waals surface area contributed by atoms with E-state index in [2.05, 4.69) is 0 Å². The van der Waals surface area contributed by atoms with Crippen molar-refractivity contribution < 1.29 is 38.1 Å². The molecule has 5 aromatic rings. The highest BCUT2D eigenvalue weighted by Gasteiger charge is 2.44. The van der Waals surface area contributed by atoms with Gasteiger partial charge in [-0.1, -0.05) is 121 Å². The molecule has 1 aliphatic rings. The van der Waals surface area contributed by atoms with Crippen LogP contribution < -0.4 is 0 Å². The van der Waals surface area contributed by atoms with Crippen LogP contribution in [-0.4, -0.2) is 60.3 Å². The predicted molar refractivity (Wildman–Crippen MR) is 195 cm³/mol. The number of aliphatic hydroxyl groups is 1. The Morgan fingerprint density at radius 1 is 0.885 bits per heavy atom. The predicted octanol–water partition coefficient (Wildman–Crippen LogP) is 7.54. The molecule has 0 unspecified atom stereocenters. The van der Waals surface area contributed by atoms with Crippen molar-refractivity contribution in [1.82, 2.24) is 4.90 Å². The molecule has 6 rings (SSSR count). The topological polar surface area (TPSA) is 116 Å². The lowest BCUT2D eigenvalue weighted by Crippen LogP contribution is -2.42. The fraction of sp³-hybridized carbons (Fsp3) is 0.279. The Morgan fingerprint density at radius 2 is 1.58 bits per heavy atom. The number of benzene rings is 4. The average Bonchev–Trinajstić information content (AvgIpc) is 3.79. The monoisotopic (exact) mass is 701 g/mol. The van der Waals surface area contributed by atoms with E-state index in [1.165, 1.54) is 0 Å². The molecule has 52 heavy (non-hydrogen) atoms. The van der Waals surface area contributed by atoms with Crippen LogP contribution in [0.4, 0.5) is 4.79 Å². The number of rotatable bonds is 17. The van der Waals surface area contributed by atoms with E-state index in [1.54, 1.807) is 6.07 Å². The second-order valence-corrected chi connectivity index (χ2v) is 12.9. The van der Waals surface area contributed by atoms with Gasteiger partial charge in [-0.05, 0) is 48.1 Å². The molecule has 2 heterocycles. The number of furan rings is 1. The second kappa shape index (κ2) is 17.7. The molecule has 0 saturated carbocycles. The number of carbonyl (C=O) groups excluding carboxylic acids is 3. The van der Waals surface area contributed by atoms with E-state index in [9.17, 15) is 19.5 Å². The minimum absolute atomic E-state index is 0.00349. The average molecular weight is 702 g/mol. The quantitative estimate of drug-likeness (QED) is 0.0601. The molecule has 0 spiro atoms. The van der Waals surface area contributed by atoms with Crippen molar-refractivity contribution in [2.45, 2.75) is 44.9 Å². The number of carbonyl (C=O) groups is 3. The van der Waals surface area contributed by atoms with E-state index in [0.29, 0.717) is 31.8 Å². The van der Waals surface area contributed by atoms with E-state index >= 15 is 0 Å². The molecule has 9 nitrogen and oxygen atoms in total. The summed E-state index contributed by atoms with van der Waals surface area (Å²) >= 11 is 0. The van der Waals surface area contributed by atoms with Crippen LogP contribution in [0.25, 0.3) is 11.1 Å². The number of hydrogen-bond donors (Lipinski definition) is 1. The summed E-state index contributed by atoms with van der Waals surface area (Å²) in [6.07, 6.45) is -0.145. The van der Waals surface area contributed by atoms with E-state index in [4.69, 9.17) is 18.6 Å². The van der Waals surface area contributed by atoms with Crippen molar-refractivity contribution in [2.75, 3.05) is 26.4 Å². The van der Waals surface area contributed by atoms with Gasteiger partial charge in [0.1, 0.15) is 30.4 Å². The summed E-state index contributed by atoms with van der Waals surface area (Å²) in [7, 11) is 0. The van der Waals surface area contributed by atoms with Gasteiger partial charge in [-0.15, -0.1) is 0 Å². The molecule has 0 bridgehead atoms. The van der Waals surface area contributed by atoms with Gasteiger partial charge in [0.2, 0.25) is 11.7 Å². The fourth-order valence-electron chi connectivity index (χ4n) is 6.35. The van der Waals surface area contributed by atoms with Crippen LogP contribution in [0, 0.1) is 12.8 Å². The highest BCUT2D eigenvalue weighted by Crippen LogP contribution is 2.34. The molecule has 9 heteroatoms. The Kier molecular flexibility index (Phi) is 12.4. The molecule has 3 atom stereocenters. The van der Waals surface area contributed by atoms with Gasteiger partial charge < -0.3 is 23.7 Å². The van der Waals surface area contributed by atoms with E-state index < -0.39 is 35.8 Å². The summed E-state index contributed by atoms with van der Waals surface area (Å²) in [5.41, 5.74) is 5.20. The zero-order chi connectivity index (χ0) is 36.3. The second-order valence-electron chi connectivity index (χ2n) is 12.9. The number of imide groups is 1. The van der Waals surface area contributed by atoms with E-state index in [-0.39, 0.29) is 32.0 Å². The molecule has 1 saturated heterocycles. The molecule has 1 aliphatic heterocycles. The van der Waals surface area contributed by atoms with Crippen LogP contribution in [0.1, 0.15) is 51.0 Å². The van der Waals surface area contributed by atoms with Crippen LogP contribution in [0.15, 0.2) is 126 Å². The molecule has 0 radical (unpaired) electrons. The third-order valence-electron chi connectivity index (χ3n) is 9.10. The molecular weight excluding hydrogens is 658 g/mol. The van der Waals surface area contributed by atoms with Crippen LogP contribution in [-0.2, 0) is 38.5 Å². The van der Waals surface area contributed by atoms with Gasteiger partial charge in [-0.3, -0.25) is 9.59 Å². The maximum absolute atomic E-state index is 14.5. The SMILES string of the molecule is Cc1cccc(-c2cc(C(=O)[C@@H](Cc3ccccc3)C(=O)N3C(=O)OC[C@@H]3c3ccccc3)oc2CCCOC[C@@H](CO)OCc2ccccc2)c1. The van der Waals surface area contributed by atoms with Crippen LogP contribution in [0.5, 0.6) is 0 Å². The summed E-state index contributed by atoms with van der Waals surface area (Å²) in [6.45, 7) is 2.80. The maximum atomic E-state index is 14.5. The van der Waals surface area contributed by atoms with Crippen molar-refractivity contribution >= 4 is 17.8 Å². The van der Waals surface area contributed by atoms with Gasteiger partial charge in [0, 0.05) is 18.6 Å². The van der Waals surface area contributed by atoms with Gasteiger partial charge in [-0.2, -0.15) is 0 Å². The summed E-state index contributed by atoms with van der Waals surface area (Å²) in [5, 5.41) is 9.81. The third kappa shape index (κ3) is 9.11. The lowest BCUT2D eigenvalue weighted by molar-refractivity contribution is -0.132. The van der Waals surface area contributed by atoms with Crippen LogP contribution >= 0.6 is 0 Å². The molecule has 1 aromatic heterocycles. The molecule has 2 amide bonds. The first-order chi connectivity index (χ1) is 25.4. The summed E-state index contributed by atoms with van der Waals surface area (Å²) in [6, 6.07) is 37.2. The Bertz CT molecular complexity index is 1920.